The molecule has 8 heteroatoms. The Balaban J connectivity index is 1.69. The van der Waals surface area contributed by atoms with Crippen LogP contribution in [0.1, 0.15) is 35.1 Å². The molecule has 4 nitrogen and oxygen atoms in total. The van der Waals surface area contributed by atoms with E-state index in [1.165, 1.54) is 36.4 Å². The van der Waals surface area contributed by atoms with Crippen molar-refractivity contribution in [2.75, 3.05) is 13.1 Å². The second kappa shape index (κ2) is 11.6. The normalized spacial score (nSPS) is 10.5. The molecule has 0 aromatic heterocycles. The molecular weight excluding hydrogens is 400 g/mol. The van der Waals surface area contributed by atoms with Gasteiger partial charge in [0.25, 0.3) is 12.9 Å². The van der Waals surface area contributed by atoms with Crippen LogP contribution in [0.5, 0.6) is 0 Å². The van der Waals surface area contributed by atoms with E-state index in [1.54, 1.807) is 12.1 Å². The van der Waals surface area contributed by atoms with Crippen LogP contribution in [0.2, 0.25) is 0 Å². The molecule has 2 aromatic rings. The molecule has 0 bridgehead atoms. The number of carbonyl (C=O) groups is 2. The summed E-state index contributed by atoms with van der Waals surface area (Å²) >= 11 is 0. The minimum atomic E-state index is -2.60. The van der Waals surface area contributed by atoms with Gasteiger partial charge in [-0.15, -0.1) is 0 Å². The number of carbonyl (C=O) groups excluding carboxylic acids is 2. The van der Waals surface area contributed by atoms with Gasteiger partial charge in [-0.2, -0.15) is 0 Å². The average Bonchev–Trinajstić information content (AvgIpc) is 2.71. The molecule has 0 radical (unpaired) electrons. The summed E-state index contributed by atoms with van der Waals surface area (Å²) in [6.07, 6.45) is -5.28. The van der Waals surface area contributed by atoms with Crippen LogP contribution in [-0.2, 0) is 22.4 Å². The van der Waals surface area contributed by atoms with Gasteiger partial charge in [0.2, 0.25) is 11.8 Å². The van der Waals surface area contributed by atoms with Crippen LogP contribution in [-0.4, -0.2) is 24.9 Å². The van der Waals surface area contributed by atoms with Crippen molar-refractivity contribution in [3.8, 4) is 11.8 Å². The lowest BCUT2D eigenvalue weighted by Crippen LogP contribution is -2.27. The maximum atomic E-state index is 12.7. The maximum Gasteiger partial charge on any atom is 0.263 e. The van der Waals surface area contributed by atoms with Crippen LogP contribution >= 0.6 is 0 Å². The lowest BCUT2D eigenvalue weighted by molar-refractivity contribution is -0.121. The quantitative estimate of drug-likeness (QED) is 0.507. The lowest BCUT2D eigenvalue weighted by atomic mass is 10.1. The molecule has 0 fully saturated rings. The molecule has 0 spiro atoms. The van der Waals surface area contributed by atoms with E-state index in [9.17, 15) is 27.2 Å². The van der Waals surface area contributed by atoms with E-state index in [0.717, 1.165) is 0 Å². The van der Waals surface area contributed by atoms with Gasteiger partial charge in [-0.1, -0.05) is 48.2 Å². The Morgan fingerprint density at radius 3 is 1.50 bits per heavy atom. The monoisotopic (exact) mass is 420 g/mol. The molecule has 2 aromatic carbocycles. The third-order valence-electron chi connectivity index (χ3n) is 4.01. The number of hydrogen-bond donors (Lipinski definition) is 2. The van der Waals surface area contributed by atoms with E-state index in [2.05, 4.69) is 22.5 Å². The summed E-state index contributed by atoms with van der Waals surface area (Å²) in [5.74, 6) is 4.59. The number of halogens is 4. The zero-order chi connectivity index (χ0) is 21.9. The first-order valence-corrected chi connectivity index (χ1v) is 9.08. The minimum absolute atomic E-state index is 0.0413. The van der Waals surface area contributed by atoms with Crippen molar-refractivity contribution in [3.05, 3.63) is 70.8 Å². The zero-order valence-corrected chi connectivity index (χ0v) is 15.9. The lowest BCUT2D eigenvalue weighted by Gasteiger charge is -2.05. The Bertz CT molecular complexity index is 862. The Labute approximate surface area is 171 Å². The third kappa shape index (κ3) is 7.95. The number of amides is 2. The largest absolute Gasteiger partial charge is 0.345 e. The number of benzene rings is 2. The van der Waals surface area contributed by atoms with Crippen molar-refractivity contribution < 1.29 is 27.2 Å². The Morgan fingerprint density at radius 2 is 1.13 bits per heavy atom. The Morgan fingerprint density at radius 1 is 0.733 bits per heavy atom. The molecule has 0 atom stereocenters. The highest BCUT2D eigenvalue weighted by Crippen LogP contribution is 2.20. The number of nitrogens with one attached hydrogen (secondary N) is 2. The maximum absolute atomic E-state index is 12.7. The predicted molar refractivity (Wildman–Crippen MR) is 104 cm³/mol. The summed E-state index contributed by atoms with van der Waals surface area (Å²) in [4.78, 5) is 23.6. The smallest absolute Gasteiger partial charge is 0.263 e. The van der Waals surface area contributed by atoms with E-state index in [4.69, 9.17) is 0 Å². The molecule has 158 valence electrons. The summed E-state index contributed by atoms with van der Waals surface area (Å²) in [5, 5.41) is 5.08. The molecular formula is C22H20F4N2O2. The molecule has 2 N–H and O–H groups in total. The standard InChI is InChI=1S/C22H20F4N2O2/c23-21(24)17-7-3-5-15(11-17)13-19(29)27-9-1-2-10-28-20(30)14-16-6-4-8-18(12-16)22(25)26/h3-8,11-12,21-22H,9-10,13-14H2,(H,27,29)(H,28,30). The molecule has 0 aliphatic rings. The average molecular weight is 420 g/mol. The molecule has 0 aliphatic heterocycles. The van der Waals surface area contributed by atoms with Gasteiger partial charge in [0.1, 0.15) is 0 Å². The van der Waals surface area contributed by atoms with Crippen LogP contribution in [0.15, 0.2) is 48.5 Å². The summed E-state index contributed by atoms with van der Waals surface area (Å²) in [6, 6.07) is 11.3. The van der Waals surface area contributed by atoms with E-state index in [0.29, 0.717) is 11.1 Å². The molecule has 0 saturated heterocycles. The van der Waals surface area contributed by atoms with Crippen LogP contribution < -0.4 is 10.6 Å². The Kier molecular flexibility index (Phi) is 8.88. The topological polar surface area (TPSA) is 58.2 Å². The van der Waals surface area contributed by atoms with E-state index in [-0.39, 0.29) is 48.9 Å². The minimum Gasteiger partial charge on any atom is -0.345 e. The molecule has 0 aliphatic carbocycles. The van der Waals surface area contributed by atoms with Crippen molar-refractivity contribution in [2.24, 2.45) is 0 Å². The van der Waals surface area contributed by atoms with E-state index >= 15 is 0 Å². The SMILES string of the molecule is O=C(Cc1cccc(C(F)F)c1)NCC#CCNC(=O)Cc1cccc(C(F)F)c1. The fraction of sp³-hybridized carbons (Fsp3) is 0.273. The van der Waals surface area contributed by atoms with Crippen LogP contribution in [0.3, 0.4) is 0 Å². The third-order valence-corrected chi connectivity index (χ3v) is 4.01. The molecule has 0 unspecified atom stereocenters. The van der Waals surface area contributed by atoms with Gasteiger partial charge in [0.15, 0.2) is 0 Å². The van der Waals surface area contributed by atoms with Crippen molar-refractivity contribution in [1.82, 2.24) is 10.6 Å². The summed E-state index contributed by atoms with van der Waals surface area (Å²) < 4.78 is 50.6. The van der Waals surface area contributed by atoms with Gasteiger partial charge in [-0.25, -0.2) is 17.6 Å². The van der Waals surface area contributed by atoms with Gasteiger partial charge in [0.05, 0.1) is 25.9 Å². The van der Waals surface area contributed by atoms with Gasteiger partial charge >= 0.3 is 0 Å². The zero-order valence-electron chi connectivity index (χ0n) is 15.9. The second-order valence-corrected chi connectivity index (χ2v) is 6.35. The number of alkyl halides is 4. The number of rotatable bonds is 8. The highest BCUT2D eigenvalue weighted by molar-refractivity contribution is 5.79. The highest BCUT2D eigenvalue weighted by Gasteiger charge is 2.10. The molecule has 30 heavy (non-hydrogen) atoms. The first-order valence-electron chi connectivity index (χ1n) is 9.08. The Hall–Kier alpha value is -3.34. The van der Waals surface area contributed by atoms with Gasteiger partial charge in [-0.05, 0) is 23.3 Å². The van der Waals surface area contributed by atoms with Crippen molar-refractivity contribution in [1.29, 1.82) is 0 Å². The highest BCUT2D eigenvalue weighted by atomic mass is 19.3. The fourth-order valence-electron chi connectivity index (χ4n) is 2.58. The van der Waals surface area contributed by atoms with Crippen molar-refractivity contribution in [3.63, 3.8) is 0 Å². The first-order chi connectivity index (χ1) is 14.3. The first kappa shape index (κ1) is 22.9. The molecule has 2 amide bonds. The van der Waals surface area contributed by atoms with E-state index < -0.39 is 12.9 Å². The van der Waals surface area contributed by atoms with Gasteiger partial charge < -0.3 is 10.6 Å². The van der Waals surface area contributed by atoms with Crippen LogP contribution in [0.25, 0.3) is 0 Å². The summed E-state index contributed by atoms with van der Waals surface area (Å²) in [5.41, 5.74) is 0.663. The fourth-order valence-corrected chi connectivity index (χ4v) is 2.58. The van der Waals surface area contributed by atoms with Crippen molar-refractivity contribution in [2.45, 2.75) is 25.7 Å². The van der Waals surface area contributed by atoms with Gasteiger partial charge in [-0.3, -0.25) is 9.59 Å². The molecule has 0 heterocycles. The van der Waals surface area contributed by atoms with Crippen LogP contribution in [0.4, 0.5) is 17.6 Å². The predicted octanol–water partition coefficient (Wildman–Crippen LogP) is 3.58. The second-order valence-electron chi connectivity index (χ2n) is 6.35. The molecule has 0 saturated carbocycles. The summed E-state index contributed by atoms with van der Waals surface area (Å²) in [7, 11) is 0. The van der Waals surface area contributed by atoms with Crippen LogP contribution in [0, 0.1) is 11.8 Å². The van der Waals surface area contributed by atoms with Gasteiger partial charge in [0, 0.05) is 11.1 Å². The molecule has 2 rings (SSSR count). The summed E-state index contributed by atoms with van der Waals surface area (Å²) in [6.45, 7) is 0.0827. The van der Waals surface area contributed by atoms with Crippen molar-refractivity contribution >= 4 is 11.8 Å². The van der Waals surface area contributed by atoms with E-state index in [1.807, 2.05) is 0 Å². The number of hydrogen-bond acceptors (Lipinski definition) is 2.